The molecular weight excluding hydrogens is 222 g/mol. The lowest BCUT2D eigenvalue weighted by molar-refractivity contribution is -0.119. The van der Waals surface area contributed by atoms with Gasteiger partial charge in [-0.3, -0.25) is 4.79 Å². The zero-order chi connectivity index (χ0) is 11.8. The van der Waals surface area contributed by atoms with Gasteiger partial charge in [0.15, 0.2) is 0 Å². The molecule has 1 aromatic rings. The van der Waals surface area contributed by atoms with Crippen LogP contribution in [-0.2, 0) is 10.5 Å². The molecule has 0 radical (unpaired) electrons. The van der Waals surface area contributed by atoms with Crippen molar-refractivity contribution in [2.45, 2.75) is 18.7 Å². The largest absolute Gasteiger partial charge is 0.394 e. The van der Waals surface area contributed by atoms with Crippen molar-refractivity contribution in [3.8, 4) is 0 Å². The summed E-state index contributed by atoms with van der Waals surface area (Å²) in [5, 5.41) is 11.5. The Morgan fingerprint density at radius 3 is 2.75 bits per heavy atom. The third-order valence-electron chi connectivity index (χ3n) is 2.03. The molecule has 0 aliphatic heterocycles. The van der Waals surface area contributed by atoms with Gasteiger partial charge in [0.25, 0.3) is 0 Å². The molecule has 0 saturated carbocycles. The minimum Gasteiger partial charge on any atom is -0.394 e. The molecule has 1 amide bonds. The smallest absolute Gasteiger partial charge is 0.230 e. The van der Waals surface area contributed by atoms with Gasteiger partial charge in [0, 0.05) is 11.8 Å². The predicted octanol–water partition coefficient (Wildman–Crippen LogP) is 1.42. The Morgan fingerprint density at radius 1 is 1.44 bits per heavy atom. The van der Waals surface area contributed by atoms with Gasteiger partial charge >= 0.3 is 0 Å². The first-order chi connectivity index (χ1) is 7.72. The van der Waals surface area contributed by atoms with Gasteiger partial charge in [0.05, 0.1) is 12.4 Å². The van der Waals surface area contributed by atoms with Gasteiger partial charge in [0.2, 0.25) is 5.91 Å². The SMILES string of the molecule is C[C@H](CO)NC(=O)CSCc1ccccc1. The molecule has 3 nitrogen and oxygen atoms in total. The lowest BCUT2D eigenvalue weighted by Gasteiger charge is -2.10. The van der Waals surface area contributed by atoms with Crippen LogP contribution in [0, 0.1) is 0 Å². The van der Waals surface area contributed by atoms with Gasteiger partial charge in [-0.1, -0.05) is 30.3 Å². The Kier molecular flexibility index (Phi) is 5.96. The van der Waals surface area contributed by atoms with E-state index in [0.717, 1.165) is 5.75 Å². The average Bonchev–Trinajstić information content (AvgIpc) is 2.30. The van der Waals surface area contributed by atoms with Gasteiger partial charge in [-0.25, -0.2) is 0 Å². The zero-order valence-corrected chi connectivity index (χ0v) is 10.2. The Morgan fingerprint density at radius 2 is 2.12 bits per heavy atom. The van der Waals surface area contributed by atoms with E-state index in [1.165, 1.54) is 5.56 Å². The van der Waals surface area contributed by atoms with E-state index < -0.39 is 0 Å². The van der Waals surface area contributed by atoms with Crippen molar-refractivity contribution in [2.24, 2.45) is 0 Å². The van der Waals surface area contributed by atoms with Crippen LogP contribution < -0.4 is 5.32 Å². The number of nitrogens with one attached hydrogen (secondary N) is 1. The molecule has 0 saturated heterocycles. The van der Waals surface area contributed by atoms with Gasteiger partial charge in [-0.2, -0.15) is 0 Å². The minimum absolute atomic E-state index is 0.0188. The van der Waals surface area contributed by atoms with Crippen LogP contribution in [0.4, 0.5) is 0 Å². The van der Waals surface area contributed by atoms with Gasteiger partial charge in [-0.05, 0) is 12.5 Å². The molecule has 1 aromatic carbocycles. The fraction of sp³-hybridized carbons (Fsp3) is 0.417. The summed E-state index contributed by atoms with van der Waals surface area (Å²) in [5.41, 5.74) is 1.22. The summed E-state index contributed by atoms with van der Waals surface area (Å²) in [4.78, 5) is 11.4. The summed E-state index contributed by atoms with van der Waals surface area (Å²) in [5.74, 6) is 1.24. The quantitative estimate of drug-likeness (QED) is 0.789. The maximum absolute atomic E-state index is 11.4. The van der Waals surface area contributed by atoms with Crippen LogP contribution in [0.1, 0.15) is 12.5 Å². The second-order valence-electron chi connectivity index (χ2n) is 3.63. The van der Waals surface area contributed by atoms with E-state index in [0.29, 0.717) is 5.75 Å². The number of rotatable bonds is 6. The minimum atomic E-state index is -0.162. The van der Waals surface area contributed by atoms with Crippen LogP contribution in [0.2, 0.25) is 0 Å². The highest BCUT2D eigenvalue weighted by molar-refractivity contribution is 7.99. The maximum Gasteiger partial charge on any atom is 0.230 e. The van der Waals surface area contributed by atoms with E-state index in [-0.39, 0.29) is 18.6 Å². The van der Waals surface area contributed by atoms with Gasteiger partial charge < -0.3 is 10.4 Å². The Balaban J connectivity index is 2.18. The van der Waals surface area contributed by atoms with E-state index in [2.05, 4.69) is 5.32 Å². The van der Waals surface area contributed by atoms with E-state index in [1.54, 1.807) is 18.7 Å². The number of thioether (sulfide) groups is 1. The fourth-order valence-electron chi connectivity index (χ4n) is 1.20. The van der Waals surface area contributed by atoms with Gasteiger partial charge in [0.1, 0.15) is 0 Å². The average molecular weight is 239 g/mol. The number of hydrogen-bond donors (Lipinski definition) is 2. The summed E-state index contributed by atoms with van der Waals surface area (Å²) in [7, 11) is 0. The van der Waals surface area contributed by atoms with Crippen molar-refractivity contribution in [1.82, 2.24) is 5.32 Å². The lowest BCUT2D eigenvalue weighted by atomic mass is 10.2. The van der Waals surface area contributed by atoms with Gasteiger partial charge in [-0.15, -0.1) is 11.8 Å². The molecule has 0 aromatic heterocycles. The topological polar surface area (TPSA) is 49.3 Å². The van der Waals surface area contributed by atoms with E-state index in [1.807, 2.05) is 30.3 Å². The van der Waals surface area contributed by atoms with Crippen LogP contribution in [0.15, 0.2) is 30.3 Å². The van der Waals surface area contributed by atoms with E-state index in [9.17, 15) is 4.79 Å². The standard InChI is InChI=1S/C12H17NO2S/c1-10(7-14)13-12(15)9-16-8-11-5-3-2-4-6-11/h2-6,10,14H,7-9H2,1H3,(H,13,15)/t10-/m1/s1. The highest BCUT2D eigenvalue weighted by atomic mass is 32.2. The van der Waals surface area contributed by atoms with Crippen LogP contribution in [-0.4, -0.2) is 29.4 Å². The van der Waals surface area contributed by atoms with Crippen molar-refractivity contribution in [2.75, 3.05) is 12.4 Å². The molecule has 88 valence electrons. The molecule has 1 atom stereocenters. The molecular formula is C12H17NO2S. The normalized spacial score (nSPS) is 12.1. The number of carbonyl (C=O) groups excluding carboxylic acids is 1. The van der Waals surface area contributed by atoms with E-state index in [4.69, 9.17) is 5.11 Å². The summed E-state index contributed by atoms with van der Waals surface area (Å²) < 4.78 is 0. The van der Waals surface area contributed by atoms with E-state index >= 15 is 0 Å². The first kappa shape index (κ1) is 13.1. The molecule has 16 heavy (non-hydrogen) atoms. The van der Waals surface area contributed by atoms with Crippen LogP contribution in [0.3, 0.4) is 0 Å². The molecule has 1 rings (SSSR count). The van der Waals surface area contributed by atoms with Crippen molar-refractivity contribution < 1.29 is 9.90 Å². The molecule has 0 bridgehead atoms. The monoisotopic (exact) mass is 239 g/mol. The number of benzene rings is 1. The van der Waals surface area contributed by atoms with Crippen molar-refractivity contribution in [3.05, 3.63) is 35.9 Å². The lowest BCUT2D eigenvalue weighted by Crippen LogP contribution is -2.36. The molecule has 0 aliphatic carbocycles. The molecule has 0 unspecified atom stereocenters. The second kappa shape index (κ2) is 7.30. The highest BCUT2D eigenvalue weighted by Crippen LogP contribution is 2.10. The van der Waals surface area contributed by atoms with Crippen molar-refractivity contribution in [3.63, 3.8) is 0 Å². The Hall–Kier alpha value is -1.00. The molecule has 0 aliphatic rings. The first-order valence-corrected chi connectivity index (χ1v) is 6.39. The first-order valence-electron chi connectivity index (χ1n) is 5.24. The predicted molar refractivity (Wildman–Crippen MR) is 67.3 cm³/mol. The van der Waals surface area contributed by atoms with Crippen molar-refractivity contribution >= 4 is 17.7 Å². The summed E-state index contributed by atoms with van der Waals surface area (Å²) in [6.45, 7) is 1.76. The summed E-state index contributed by atoms with van der Waals surface area (Å²) in [6, 6.07) is 9.88. The maximum atomic E-state index is 11.4. The van der Waals surface area contributed by atoms with Crippen LogP contribution >= 0.6 is 11.8 Å². The fourth-order valence-corrected chi connectivity index (χ4v) is 2.00. The second-order valence-corrected chi connectivity index (χ2v) is 4.62. The molecule has 2 N–H and O–H groups in total. The summed E-state index contributed by atoms with van der Waals surface area (Å²) in [6.07, 6.45) is 0. The molecule has 4 heteroatoms. The number of carbonyl (C=O) groups is 1. The Labute approximate surface area is 100 Å². The number of aliphatic hydroxyl groups is 1. The third kappa shape index (κ3) is 5.19. The van der Waals surface area contributed by atoms with Crippen molar-refractivity contribution in [1.29, 1.82) is 0 Å². The molecule has 0 fully saturated rings. The third-order valence-corrected chi connectivity index (χ3v) is 3.03. The van der Waals surface area contributed by atoms with Crippen LogP contribution in [0.25, 0.3) is 0 Å². The highest BCUT2D eigenvalue weighted by Gasteiger charge is 2.05. The zero-order valence-electron chi connectivity index (χ0n) is 9.35. The summed E-state index contributed by atoms with van der Waals surface area (Å²) >= 11 is 1.57. The number of aliphatic hydroxyl groups excluding tert-OH is 1. The van der Waals surface area contributed by atoms with Crippen LogP contribution in [0.5, 0.6) is 0 Å². The molecule has 0 heterocycles. The molecule has 0 spiro atoms. The number of amides is 1. The Bertz CT molecular complexity index is 316. The number of hydrogen-bond acceptors (Lipinski definition) is 3.